The van der Waals surface area contributed by atoms with E-state index in [-0.39, 0.29) is 16.0 Å². The van der Waals surface area contributed by atoms with Crippen molar-refractivity contribution in [3.05, 3.63) is 63.7 Å². The molecule has 0 radical (unpaired) electrons. The average Bonchev–Trinajstić information content (AvgIpc) is 3.69. The van der Waals surface area contributed by atoms with Crippen molar-refractivity contribution < 1.29 is 4.43 Å². The van der Waals surface area contributed by atoms with Crippen molar-refractivity contribution in [3.63, 3.8) is 0 Å². The predicted octanol–water partition coefficient (Wildman–Crippen LogP) is 6.73. The van der Waals surface area contributed by atoms with Crippen LogP contribution in [-0.4, -0.2) is 36.0 Å². The Morgan fingerprint density at radius 3 is 2.71 bits per heavy atom. The lowest BCUT2D eigenvalue weighted by molar-refractivity contribution is 0.220. The number of aromatic nitrogens is 3. The van der Waals surface area contributed by atoms with Crippen LogP contribution in [0.4, 0.5) is 17.3 Å². The monoisotopic (exact) mass is 570 g/mol. The zero-order valence-corrected chi connectivity index (χ0v) is 26.4. The summed E-state index contributed by atoms with van der Waals surface area (Å²) in [5.41, 5.74) is 5.15. The lowest BCUT2D eigenvalue weighted by atomic mass is 9.83. The Hall–Kier alpha value is -3.48. The maximum Gasteiger partial charge on any atom is 0.274 e. The van der Waals surface area contributed by atoms with Crippen LogP contribution in [0.3, 0.4) is 0 Å². The summed E-state index contributed by atoms with van der Waals surface area (Å²) < 4.78 is 8.45. The van der Waals surface area contributed by atoms with Crippen molar-refractivity contribution in [2.24, 2.45) is 5.92 Å². The Kier molecular flexibility index (Phi) is 7.60. The van der Waals surface area contributed by atoms with Gasteiger partial charge in [-0.05, 0) is 72.8 Å². The van der Waals surface area contributed by atoms with Crippen LogP contribution in [0.5, 0.6) is 0 Å². The third-order valence-electron chi connectivity index (χ3n) is 9.02. The third kappa shape index (κ3) is 6.09. The highest BCUT2D eigenvalue weighted by Crippen LogP contribution is 2.44. The van der Waals surface area contributed by atoms with E-state index in [0.29, 0.717) is 36.0 Å². The van der Waals surface area contributed by atoms with Crippen molar-refractivity contribution in [1.29, 1.82) is 5.26 Å². The van der Waals surface area contributed by atoms with E-state index >= 15 is 0 Å². The summed E-state index contributed by atoms with van der Waals surface area (Å²) in [6, 6.07) is 10.0. The Labute approximate surface area is 244 Å². The molecule has 1 fully saturated rings. The molecular weight excluding hydrogens is 528 g/mol. The molecule has 0 unspecified atom stereocenters. The normalized spacial score (nSPS) is 18.5. The van der Waals surface area contributed by atoms with Gasteiger partial charge in [0.25, 0.3) is 5.56 Å². The first kappa shape index (κ1) is 29.0. The Balaban J connectivity index is 1.44. The van der Waals surface area contributed by atoms with Gasteiger partial charge in [-0.15, -0.1) is 0 Å². The molecule has 2 aromatic heterocycles. The second kappa shape index (κ2) is 10.7. The predicted molar refractivity (Wildman–Crippen MR) is 167 cm³/mol. The first-order chi connectivity index (χ1) is 19.3. The molecule has 0 amide bonds. The summed E-state index contributed by atoms with van der Waals surface area (Å²) in [4.78, 5) is 22.4. The maximum atomic E-state index is 13.2. The highest BCUT2D eigenvalue weighted by molar-refractivity contribution is 6.74. The Bertz CT molecular complexity index is 1560. The zero-order valence-electron chi connectivity index (χ0n) is 25.4. The van der Waals surface area contributed by atoms with E-state index in [1.807, 2.05) is 31.3 Å². The van der Waals surface area contributed by atoms with Crippen LogP contribution in [0.1, 0.15) is 63.6 Å². The minimum Gasteiger partial charge on any atom is -0.416 e. The van der Waals surface area contributed by atoms with E-state index in [1.165, 1.54) is 12.8 Å². The number of anilines is 3. The van der Waals surface area contributed by atoms with Gasteiger partial charge in [0.2, 0.25) is 5.95 Å². The van der Waals surface area contributed by atoms with Gasteiger partial charge >= 0.3 is 0 Å². The summed E-state index contributed by atoms with van der Waals surface area (Å²) in [5, 5.41) is 16.8. The molecule has 1 aliphatic carbocycles. The third-order valence-corrected chi connectivity index (χ3v) is 13.5. The van der Waals surface area contributed by atoms with Crippen LogP contribution in [0.15, 0.2) is 41.5 Å². The molecule has 41 heavy (non-hydrogen) atoms. The topological polar surface area (TPSA) is 105 Å². The van der Waals surface area contributed by atoms with Crippen LogP contribution in [0.25, 0.3) is 11.3 Å². The highest BCUT2D eigenvalue weighted by Gasteiger charge is 2.42. The highest BCUT2D eigenvalue weighted by atomic mass is 28.4. The summed E-state index contributed by atoms with van der Waals surface area (Å²) >= 11 is 0. The van der Waals surface area contributed by atoms with Crippen LogP contribution in [0.2, 0.25) is 18.1 Å². The number of nitriles is 1. The molecule has 8 nitrogen and oxygen atoms in total. The lowest BCUT2D eigenvalue weighted by Gasteiger charge is -2.39. The first-order valence-corrected chi connectivity index (χ1v) is 17.5. The van der Waals surface area contributed by atoms with Crippen molar-refractivity contribution in [3.8, 4) is 17.3 Å². The van der Waals surface area contributed by atoms with Gasteiger partial charge in [0, 0.05) is 43.1 Å². The fraction of sp³-hybridized carbons (Fsp3) is 0.500. The molecule has 2 N–H and O–H groups in total. The molecule has 1 atom stereocenters. The van der Waals surface area contributed by atoms with Crippen LogP contribution in [0, 0.1) is 24.2 Å². The van der Waals surface area contributed by atoms with E-state index in [0.717, 1.165) is 41.3 Å². The Morgan fingerprint density at radius 1 is 1.27 bits per heavy atom. The van der Waals surface area contributed by atoms with Crippen LogP contribution >= 0.6 is 0 Å². The van der Waals surface area contributed by atoms with Gasteiger partial charge in [0.1, 0.15) is 11.8 Å². The molecular formula is C32H42N6O2Si. The number of hydrogen-bond donors (Lipinski definition) is 2. The van der Waals surface area contributed by atoms with Crippen LogP contribution in [-0.2, 0) is 16.4 Å². The van der Waals surface area contributed by atoms with Gasteiger partial charge in [0.05, 0.1) is 16.9 Å². The largest absolute Gasteiger partial charge is 0.416 e. The molecule has 2 aliphatic rings. The van der Waals surface area contributed by atoms with Gasteiger partial charge in [-0.2, -0.15) is 5.26 Å². The van der Waals surface area contributed by atoms with E-state index < -0.39 is 8.32 Å². The molecule has 3 heterocycles. The van der Waals surface area contributed by atoms with Crippen LogP contribution < -0.4 is 16.2 Å². The van der Waals surface area contributed by atoms with Gasteiger partial charge < -0.3 is 19.6 Å². The zero-order chi connectivity index (χ0) is 29.6. The Morgan fingerprint density at radius 2 is 2.02 bits per heavy atom. The summed E-state index contributed by atoms with van der Waals surface area (Å²) in [6.07, 6.45) is 7.16. The molecule has 0 saturated heterocycles. The SMILES string of the molecule is Cc1cc(Nc2nccc(-c3cc(C#N)c4c(c3)[C@@](C)(CO[Si](C)(C)C(C)(C)C)CN4)n2)c(=O)n(CCC2CC2)c1. The number of fused-ring (bicyclic) bond motifs is 1. The second-order valence-corrected chi connectivity index (χ2v) is 18.4. The van der Waals surface area contributed by atoms with Gasteiger partial charge in [-0.25, -0.2) is 9.97 Å². The number of benzene rings is 1. The van der Waals surface area contributed by atoms with Crippen molar-refractivity contribution in [1.82, 2.24) is 14.5 Å². The minimum absolute atomic E-state index is 0.0712. The van der Waals surface area contributed by atoms with E-state index in [4.69, 9.17) is 9.41 Å². The quantitative estimate of drug-likeness (QED) is 0.275. The van der Waals surface area contributed by atoms with Crippen molar-refractivity contribution >= 4 is 25.6 Å². The molecule has 216 valence electrons. The molecule has 1 aromatic carbocycles. The molecule has 5 rings (SSSR count). The van der Waals surface area contributed by atoms with Gasteiger partial charge in [-0.1, -0.05) is 40.5 Å². The molecule has 1 saturated carbocycles. The van der Waals surface area contributed by atoms with Crippen molar-refractivity contribution in [2.45, 2.75) is 84.0 Å². The molecule has 0 spiro atoms. The van der Waals surface area contributed by atoms with Crippen molar-refractivity contribution in [2.75, 3.05) is 23.8 Å². The number of rotatable bonds is 9. The molecule has 0 bridgehead atoms. The standard InChI is InChI=1S/C32H42N6O2Si/c1-21-14-27(29(39)38(18-21)13-11-22-8-9-22)37-30-34-12-10-26(36-30)23-15-24(17-33)28-25(16-23)32(5,19-35-28)20-40-41(6,7)31(2,3)4/h10,12,14-16,18,22,35H,8-9,11,13,19-20H2,1-7H3,(H,34,36,37)/t32-/m1/s1. The average molecular weight is 571 g/mol. The number of aryl methyl sites for hydroxylation is 2. The minimum atomic E-state index is -1.95. The first-order valence-electron chi connectivity index (χ1n) is 14.6. The van der Waals surface area contributed by atoms with Gasteiger partial charge in [-0.3, -0.25) is 4.79 Å². The fourth-order valence-electron chi connectivity index (χ4n) is 5.08. The summed E-state index contributed by atoms with van der Waals surface area (Å²) in [5.74, 6) is 1.10. The maximum absolute atomic E-state index is 13.2. The molecule has 3 aromatic rings. The smallest absolute Gasteiger partial charge is 0.274 e. The van der Waals surface area contributed by atoms with E-state index in [2.05, 4.69) is 68.5 Å². The molecule has 9 heteroatoms. The van der Waals surface area contributed by atoms with E-state index in [1.54, 1.807) is 10.8 Å². The lowest BCUT2D eigenvalue weighted by Crippen LogP contribution is -2.45. The second-order valence-electron chi connectivity index (χ2n) is 13.6. The summed E-state index contributed by atoms with van der Waals surface area (Å²) in [7, 11) is -1.95. The number of nitrogens with one attached hydrogen (secondary N) is 2. The molecule has 1 aliphatic heterocycles. The number of nitrogens with zero attached hydrogens (tertiary/aromatic N) is 4. The fourth-order valence-corrected chi connectivity index (χ4v) is 6.19. The summed E-state index contributed by atoms with van der Waals surface area (Å²) in [6.45, 7) is 17.5. The van der Waals surface area contributed by atoms with Gasteiger partial charge in [0.15, 0.2) is 8.32 Å². The number of hydrogen-bond acceptors (Lipinski definition) is 7. The number of pyridine rings is 1. The van der Waals surface area contributed by atoms with E-state index in [9.17, 15) is 10.1 Å².